The van der Waals surface area contributed by atoms with Crippen LogP contribution in [0.15, 0.2) is 144 Å². The number of para-hydroxylation sites is 1. The lowest BCUT2D eigenvalue weighted by Crippen LogP contribution is -2.36. The smallest absolute Gasteiger partial charge is 0.167 e. The van der Waals surface area contributed by atoms with Gasteiger partial charge in [-0.2, -0.15) is 0 Å². The quantitative estimate of drug-likeness (QED) is 0.193. The van der Waals surface area contributed by atoms with E-state index in [2.05, 4.69) is 131 Å². The second kappa shape index (κ2) is 10.8. The van der Waals surface area contributed by atoms with Crippen molar-refractivity contribution in [3.8, 4) is 56.4 Å². The Morgan fingerprint density at radius 3 is 1.78 bits per heavy atom. The molecular weight excluding hydrogens is 599 g/mol. The van der Waals surface area contributed by atoms with E-state index in [1.165, 1.54) is 22.3 Å². The molecule has 0 bridgehead atoms. The van der Waals surface area contributed by atoms with E-state index >= 15 is 0 Å². The Labute approximate surface area is 286 Å². The third-order valence-electron chi connectivity index (χ3n) is 10.6. The summed E-state index contributed by atoms with van der Waals surface area (Å²) in [6.45, 7) is 9.42. The monoisotopic (exact) mass is 633 g/mol. The van der Waals surface area contributed by atoms with Gasteiger partial charge < -0.3 is 4.42 Å². The van der Waals surface area contributed by atoms with Gasteiger partial charge in [0.15, 0.2) is 17.5 Å². The normalized spacial score (nSPS) is 15.4. The fraction of sp³-hybridized carbons (Fsp3) is 0.133. The fourth-order valence-corrected chi connectivity index (χ4v) is 7.75. The summed E-state index contributed by atoms with van der Waals surface area (Å²) in [5, 5.41) is 2.23. The summed E-state index contributed by atoms with van der Waals surface area (Å²) < 4.78 is 6.85. The molecular formula is C45H35N3O. The molecule has 4 heteroatoms. The van der Waals surface area contributed by atoms with Crippen LogP contribution < -0.4 is 0 Å². The molecule has 1 atom stereocenters. The molecule has 0 radical (unpaired) electrons. The highest BCUT2D eigenvalue weighted by Crippen LogP contribution is 2.60. The average molecular weight is 634 g/mol. The SMILES string of the molecule is CC(C)(C)C1(C)c2ccccc2-c2cc(-c3nc(-c4ccccc4)nc(-c4ccccc4-c4ccccc4)n3)c3oc4ccccc4c3c21. The summed E-state index contributed by atoms with van der Waals surface area (Å²) in [5.74, 6) is 1.82. The molecule has 0 fully saturated rings. The topological polar surface area (TPSA) is 51.8 Å². The maximum Gasteiger partial charge on any atom is 0.167 e. The number of hydrogen-bond acceptors (Lipinski definition) is 4. The second-order valence-electron chi connectivity index (χ2n) is 14.2. The summed E-state index contributed by atoms with van der Waals surface area (Å²) in [5.41, 5.74) is 11.3. The van der Waals surface area contributed by atoms with Gasteiger partial charge in [0, 0.05) is 27.3 Å². The molecule has 9 rings (SSSR count). The lowest BCUT2D eigenvalue weighted by Gasteiger charge is -2.41. The summed E-state index contributed by atoms with van der Waals surface area (Å²) in [6, 6.07) is 48.4. The first-order valence-electron chi connectivity index (χ1n) is 16.9. The molecule has 236 valence electrons. The van der Waals surface area contributed by atoms with Gasteiger partial charge >= 0.3 is 0 Å². The van der Waals surface area contributed by atoms with E-state index in [1.54, 1.807) is 0 Å². The maximum absolute atomic E-state index is 6.85. The molecule has 2 heterocycles. The van der Waals surface area contributed by atoms with Gasteiger partial charge in [0.25, 0.3) is 0 Å². The Bertz CT molecular complexity index is 2540. The zero-order valence-corrected chi connectivity index (χ0v) is 28.0. The Balaban J connectivity index is 1.40. The van der Waals surface area contributed by atoms with Gasteiger partial charge in [-0.3, -0.25) is 0 Å². The Kier molecular flexibility index (Phi) is 6.47. The molecule has 8 aromatic rings. The zero-order valence-electron chi connectivity index (χ0n) is 28.0. The number of fused-ring (bicyclic) bond motifs is 7. The lowest BCUT2D eigenvalue weighted by molar-refractivity contribution is 0.256. The first kappa shape index (κ1) is 29.3. The van der Waals surface area contributed by atoms with Crippen LogP contribution in [-0.2, 0) is 5.41 Å². The van der Waals surface area contributed by atoms with Crippen LogP contribution >= 0.6 is 0 Å². The van der Waals surface area contributed by atoms with Gasteiger partial charge in [-0.05, 0) is 50.9 Å². The summed E-state index contributed by atoms with van der Waals surface area (Å²) in [4.78, 5) is 15.6. The first-order chi connectivity index (χ1) is 23.8. The van der Waals surface area contributed by atoms with Gasteiger partial charge in [-0.1, -0.05) is 155 Å². The van der Waals surface area contributed by atoms with E-state index in [-0.39, 0.29) is 10.8 Å². The van der Waals surface area contributed by atoms with E-state index < -0.39 is 0 Å². The minimum absolute atomic E-state index is 0.0802. The van der Waals surface area contributed by atoms with Crippen molar-refractivity contribution in [2.45, 2.75) is 33.1 Å². The third kappa shape index (κ3) is 4.40. The number of benzene rings is 6. The van der Waals surface area contributed by atoms with Gasteiger partial charge in [0.05, 0.1) is 5.56 Å². The van der Waals surface area contributed by atoms with Crippen LogP contribution in [0.5, 0.6) is 0 Å². The number of hydrogen-bond donors (Lipinski definition) is 0. The molecule has 0 aliphatic heterocycles. The number of aromatic nitrogens is 3. The van der Waals surface area contributed by atoms with E-state index in [0.717, 1.165) is 49.8 Å². The van der Waals surface area contributed by atoms with Gasteiger partial charge in [-0.25, -0.2) is 15.0 Å². The van der Waals surface area contributed by atoms with E-state index in [0.29, 0.717) is 17.5 Å². The lowest BCUT2D eigenvalue weighted by atomic mass is 9.62. The molecule has 0 saturated carbocycles. The van der Waals surface area contributed by atoms with E-state index in [1.807, 2.05) is 36.4 Å². The van der Waals surface area contributed by atoms with Crippen LogP contribution in [0.3, 0.4) is 0 Å². The van der Waals surface area contributed by atoms with Crippen LogP contribution in [0.2, 0.25) is 0 Å². The standard InChI is InChI=1S/C45H35N3O/c1-44(2,3)45(4)36-25-15-13-22-31(36)34-27-35(40-38(39(34)45)33-24-14-16-26-37(33)49-40)43-47-41(29-19-9-6-10-20-29)46-42(48-43)32-23-12-11-21-30(32)28-17-7-5-8-18-28/h5-27H,1-4H3. The summed E-state index contributed by atoms with van der Waals surface area (Å²) in [6.07, 6.45) is 0. The van der Waals surface area contributed by atoms with Crippen molar-refractivity contribution in [1.82, 2.24) is 15.0 Å². The number of rotatable bonds is 4. The number of furan rings is 1. The fourth-order valence-electron chi connectivity index (χ4n) is 7.75. The van der Waals surface area contributed by atoms with Crippen molar-refractivity contribution >= 4 is 21.9 Å². The largest absolute Gasteiger partial charge is 0.455 e. The first-order valence-corrected chi connectivity index (χ1v) is 16.9. The minimum Gasteiger partial charge on any atom is -0.455 e. The van der Waals surface area contributed by atoms with E-state index in [9.17, 15) is 0 Å². The van der Waals surface area contributed by atoms with E-state index in [4.69, 9.17) is 19.4 Å². The average Bonchev–Trinajstić information content (AvgIpc) is 3.65. The van der Waals surface area contributed by atoms with Crippen LogP contribution in [0, 0.1) is 5.41 Å². The minimum atomic E-state index is -0.267. The molecule has 49 heavy (non-hydrogen) atoms. The van der Waals surface area contributed by atoms with Gasteiger partial charge in [0.2, 0.25) is 0 Å². The van der Waals surface area contributed by atoms with Crippen LogP contribution in [-0.4, -0.2) is 15.0 Å². The Morgan fingerprint density at radius 2 is 1.06 bits per heavy atom. The maximum atomic E-state index is 6.85. The molecule has 2 aromatic heterocycles. The van der Waals surface area contributed by atoms with Crippen molar-refractivity contribution in [1.29, 1.82) is 0 Å². The predicted molar refractivity (Wildman–Crippen MR) is 200 cm³/mol. The van der Waals surface area contributed by atoms with Crippen LogP contribution in [0.25, 0.3) is 78.4 Å². The highest BCUT2D eigenvalue weighted by Gasteiger charge is 2.49. The van der Waals surface area contributed by atoms with Crippen molar-refractivity contribution in [3.05, 3.63) is 151 Å². The van der Waals surface area contributed by atoms with Crippen molar-refractivity contribution in [3.63, 3.8) is 0 Å². The molecule has 1 unspecified atom stereocenters. The molecule has 0 spiro atoms. The second-order valence-corrected chi connectivity index (χ2v) is 14.2. The third-order valence-corrected chi connectivity index (χ3v) is 10.6. The molecule has 0 saturated heterocycles. The van der Waals surface area contributed by atoms with Gasteiger partial charge in [-0.15, -0.1) is 0 Å². The highest BCUT2D eigenvalue weighted by atomic mass is 16.3. The summed E-state index contributed by atoms with van der Waals surface area (Å²) in [7, 11) is 0. The zero-order chi connectivity index (χ0) is 33.3. The van der Waals surface area contributed by atoms with Crippen molar-refractivity contribution < 1.29 is 4.42 Å². The van der Waals surface area contributed by atoms with Crippen LogP contribution in [0.4, 0.5) is 0 Å². The molecule has 1 aliphatic carbocycles. The molecule has 0 amide bonds. The Morgan fingerprint density at radius 1 is 0.510 bits per heavy atom. The molecule has 1 aliphatic rings. The molecule has 4 nitrogen and oxygen atoms in total. The predicted octanol–water partition coefficient (Wildman–Crippen LogP) is 11.8. The molecule has 0 N–H and O–H groups in total. The Hall–Kier alpha value is -5.87. The summed E-state index contributed by atoms with van der Waals surface area (Å²) >= 11 is 0. The van der Waals surface area contributed by atoms with Crippen LogP contribution in [0.1, 0.15) is 38.8 Å². The van der Waals surface area contributed by atoms with Crippen molar-refractivity contribution in [2.75, 3.05) is 0 Å². The van der Waals surface area contributed by atoms with Crippen molar-refractivity contribution in [2.24, 2.45) is 5.41 Å². The van der Waals surface area contributed by atoms with Gasteiger partial charge in [0.1, 0.15) is 11.2 Å². The molecule has 6 aromatic carbocycles. The number of nitrogens with zero attached hydrogens (tertiary/aromatic N) is 3. The highest BCUT2D eigenvalue weighted by molar-refractivity contribution is 6.15.